The SMILES string of the molecule is COc1nn(C)cc1C(=O)NCCc1coc(-c2ccccc2)n1. The van der Waals surface area contributed by atoms with Gasteiger partial charge < -0.3 is 14.5 Å². The molecule has 124 valence electrons. The quantitative estimate of drug-likeness (QED) is 0.750. The minimum absolute atomic E-state index is 0.230. The molecule has 1 aromatic carbocycles. The highest BCUT2D eigenvalue weighted by atomic mass is 16.5. The number of carbonyl (C=O) groups is 1. The van der Waals surface area contributed by atoms with E-state index in [1.165, 1.54) is 11.8 Å². The predicted molar refractivity (Wildman–Crippen MR) is 87.7 cm³/mol. The standard InChI is InChI=1S/C17H18N4O3/c1-21-10-14(17(20-21)23-2)15(22)18-9-8-13-11-24-16(19-13)12-6-4-3-5-7-12/h3-7,10-11H,8-9H2,1-2H3,(H,18,22). The Morgan fingerprint density at radius 1 is 1.33 bits per heavy atom. The highest BCUT2D eigenvalue weighted by Gasteiger charge is 2.16. The Hall–Kier alpha value is -3.09. The normalized spacial score (nSPS) is 10.6. The van der Waals surface area contributed by atoms with Crippen molar-refractivity contribution >= 4 is 5.91 Å². The number of rotatable bonds is 6. The lowest BCUT2D eigenvalue weighted by atomic mass is 10.2. The molecule has 0 unspecified atom stereocenters. The van der Waals surface area contributed by atoms with Crippen LogP contribution < -0.4 is 10.1 Å². The molecule has 0 spiro atoms. The van der Waals surface area contributed by atoms with Crippen LogP contribution in [0.5, 0.6) is 5.88 Å². The van der Waals surface area contributed by atoms with E-state index in [2.05, 4.69) is 15.4 Å². The second kappa shape index (κ2) is 6.99. The Morgan fingerprint density at radius 3 is 2.88 bits per heavy atom. The number of aryl methyl sites for hydroxylation is 1. The molecule has 0 saturated heterocycles. The van der Waals surface area contributed by atoms with E-state index in [0.717, 1.165) is 11.3 Å². The molecule has 0 radical (unpaired) electrons. The van der Waals surface area contributed by atoms with Gasteiger partial charge in [-0.05, 0) is 12.1 Å². The number of methoxy groups -OCH3 is 1. The molecule has 0 bridgehead atoms. The largest absolute Gasteiger partial charge is 0.479 e. The van der Waals surface area contributed by atoms with Gasteiger partial charge in [0.15, 0.2) is 0 Å². The van der Waals surface area contributed by atoms with Crippen LogP contribution in [0.3, 0.4) is 0 Å². The summed E-state index contributed by atoms with van der Waals surface area (Å²) in [6.07, 6.45) is 3.81. The first kappa shape index (κ1) is 15.8. The van der Waals surface area contributed by atoms with E-state index >= 15 is 0 Å². The minimum Gasteiger partial charge on any atom is -0.479 e. The van der Waals surface area contributed by atoms with Gasteiger partial charge >= 0.3 is 0 Å². The first-order valence-electron chi connectivity index (χ1n) is 7.53. The number of ether oxygens (including phenoxy) is 1. The van der Waals surface area contributed by atoms with Gasteiger partial charge in [0.25, 0.3) is 5.91 Å². The number of nitrogens with one attached hydrogen (secondary N) is 1. The smallest absolute Gasteiger partial charge is 0.258 e. The molecular weight excluding hydrogens is 308 g/mol. The summed E-state index contributed by atoms with van der Waals surface area (Å²) in [6, 6.07) is 9.68. The summed E-state index contributed by atoms with van der Waals surface area (Å²) >= 11 is 0. The molecule has 2 heterocycles. The fourth-order valence-corrected chi connectivity index (χ4v) is 2.31. The van der Waals surface area contributed by atoms with E-state index in [0.29, 0.717) is 30.3 Å². The van der Waals surface area contributed by atoms with Gasteiger partial charge in [-0.3, -0.25) is 9.48 Å². The molecule has 0 fully saturated rings. The molecule has 7 heteroatoms. The third kappa shape index (κ3) is 3.45. The summed E-state index contributed by atoms with van der Waals surface area (Å²) in [7, 11) is 3.22. The fraction of sp³-hybridized carbons (Fsp3) is 0.235. The topological polar surface area (TPSA) is 82.2 Å². The second-order valence-electron chi connectivity index (χ2n) is 5.24. The van der Waals surface area contributed by atoms with Crippen molar-refractivity contribution in [2.45, 2.75) is 6.42 Å². The third-order valence-electron chi connectivity index (χ3n) is 3.47. The Kier molecular flexibility index (Phi) is 4.60. The van der Waals surface area contributed by atoms with Crippen molar-refractivity contribution < 1.29 is 13.9 Å². The van der Waals surface area contributed by atoms with Crippen LogP contribution in [0.15, 0.2) is 47.2 Å². The maximum absolute atomic E-state index is 12.2. The average molecular weight is 326 g/mol. The van der Waals surface area contributed by atoms with Gasteiger partial charge in [0, 0.05) is 31.8 Å². The number of amides is 1. The zero-order chi connectivity index (χ0) is 16.9. The van der Waals surface area contributed by atoms with Gasteiger partial charge in [0.05, 0.1) is 12.8 Å². The summed E-state index contributed by atoms with van der Waals surface area (Å²) in [5, 5.41) is 6.89. The average Bonchev–Trinajstić information content (AvgIpc) is 3.22. The van der Waals surface area contributed by atoms with Crippen LogP contribution in [0.2, 0.25) is 0 Å². The monoisotopic (exact) mass is 326 g/mol. The van der Waals surface area contributed by atoms with E-state index in [1.807, 2.05) is 30.3 Å². The van der Waals surface area contributed by atoms with Crippen molar-refractivity contribution in [3.63, 3.8) is 0 Å². The van der Waals surface area contributed by atoms with Gasteiger partial charge in [0.1, 0.15) is 11.8 Å². The highest BCUT2D eigenvalue weighted by Crippen LogP contribution is 2.18. The van der Waals surface area contributed by atoms with Crippen molar-refractivity contribution in [2.24, 2.45) is 7.05 Å². The van der Waals surface area contributed by atoms with E-state index < -0.39 is 0 Å². The van der Waals surface area contributed by atoms with Crippen molar-refractivity contribution in [3.05, 3.63) is 54.0 Å². The Morgan fingerprint density at radius 2 is 2.12 bits per heavy atom. The molecule has 0 aliphatic rings. The van der Waals surface area contributed by atoms with Crippen LogP contribution in [0, 0.1) is 0 Å². The third-order valence-corrected chi connectivity index (χ3v) is 3.47. The zero-order valence-corrected chi connectivity index (χ0v) is 13.5. The van der Waals surface area contributed by atoms with Gasteiger partial charge in [-0.15, -0.1) is 5.10 Å². The maximum Gasteiger partial charge on any atom is 0.258 e. The first-order chi connectivity index (χ1) is 11.7. The van der Waals surface area contributed by atoms with Crippen LogP contribution in [0.4, 0.5) is 0 Å². The van der Waals surface area contributed by atoms with E-state index in [1.54, 1.807) is 19.5 Å². The van der Waals surface area contributed by atoms with E-state index in [9.17, 15) is 4.79 Å². The summed E-state index contributed by atoms with van der Waals surface area (Å²) in [5.41, 5.74) is 2.12. The summed E-state index contributed by atoms with van der Waals surface area (Å²) in [4.78, 5) is 16.6. The molecule has 0 aliphatic heterocycles. The molecule has 3 rings (SSSR count). The zero-order valence-electron chi connectivity index (χ0n) is 13.5. The van der Waals surface area contributed by atoms with Crippen molar-refractivity contribution in [1.29, 1.82) is 0 Å². The lowest BCUT2D eigenvalue weighted by Gasteiger charge is -2.03. The Labute approximate surface area is 139 Å². The highest BCUT2D eigenvalue weighted by molar-refractivity contribution is 5.96. The van der Waals surface area contributed by atoms with E-state index in [-0.39, 0.29) is 5.91 Å². The van der Waals surface area contributed by atoms with Crippen LogP contribution >= 0.6 is 0 Å². The molecule has 0 saturated carbocycles. The van der Waals surface area contributed by atoms with Crippen LogP contribution in [0.25, 0.3) is 11.5 Å². The molecular formula is C17H18N4O3. The summed E-state index contributed by atoms with van der Waals surface area (Å²) < 4.78 is 12.1. The minimum atomic E-state index is -0.230. The fourth-order valence-electron chi connectivity index (χ4n) is 2.31. The number of carbonyl (C=O) groups excluding carboxylic acids is 1. The molecule has 24 heavy (non-hydrogen) atoms. The van der Waals surface area contributed by atoms with Crippen molar-refractivity contribution in [1.82, 2.24) is 20.1 Å². The lowest BCUT2D eigenvalue weighted by Crippen LogP contribution is -2.25. The number of hydrogen-bond donors (Lipinski definition) is 1. The van der Waals surface area contributed by atoms with Crippen LogP contribution in [-0.2, 0) is 13.5 Å². The molecule has 3 aromatic rings. The lowest BCUT2D eigenvalue weighted by molar-refractivity contribution is 0.0951. The van der Waals surface area contributed by atoms with Crippen molar-refractivity contribution in [2.75, 3.05) is 13.7 Å². The van der Waals surface area contributed by atoms with Gasteiger partial charge in [-0.1, -0.05) is 18.2 Å². The Bertz CT molecular complexity index is 823. The number of oxazole rings is 1. The molecule has 1 amide bonds. The number of hydrogen-bond acceptors (Lipinski definition) is 5. The van der Waals surface area contributed by atoms with Crippen LogP contribution in [0.1, 0.15) is 16.1 Å². The molecule has 1 N–H and O–H groups in total. The summed E-state index contributed by atoms with van der Waals surface area (Å²) in [6.45, 7) is 0.442. The molecule has 2 aromatic heterocycles. The van der Waals surface area contributed by atoms with E-state index in [4.69, 9.17) is 9.15 Å². The van der Waals surface area contributed by atoms with Gasteiger partial charge in [0.2, 0.25) is 11.8 Å². The predicted octanol–water partition coefficient (Wildman–Crippen LogP) is 2.06. The molecule has 0 aliphatic carbocycles. The van der Waals surface area contributed by atoms with Crippen molar-refractivity contribution in [3.8, 4) is 17.3 Å². The molecule has 7 nitrogen and oxygen atoms in total. The van der Waals surface area contributed by atoms with Crippen LogP contribution in [-0.4, -0.2) is 34.3 Å². The second-order valence-corrected chi connectivity index (χ2v) is 5.24. The maximum atomic E-state index is 12.2. The number of aromatic nitrogens is 3. The molecule has 0 atom stereocenters. The Balaban J connectivity index is 1.57. The first-order valence-corrected chi connectivity index (χ1v) is 7.53. The summed E-state index contributed by atoms with van der Waals surface area (Å²) in [5.74, 6) is 0.653. The van der Waals surface area contributed by atoms with Gasteiger partial charge in [-0.2, -0.15) is 0 Å². The number of nitrogens with zero attached hydrogens (tertiary/aromatic N) is 3. The van der Waals surface area contributed by atoms with Gasteiger partial charge in [-0.25, -0.2) is 4.98 Å². The number of benzene rings is 1.